The molecule has 1 atom stereocenters. The average molecular weight is 333 g/mol. The van der Waals surface area contributed by atoms with E-state index in [4.69, 9.17) is 11.6 Å². The number of hydrogen-bond acceptors (Lipinski definition) is 2. The van der Waals surface area contributed by atoms with Crippen LogP contribution in [-0.4, -0.2) is 24.4 Å². The summed E-state index contributed by atoms with van der Waals surface area (Å²) in [6.45, 7) is 0.396. The second-order valence-corrected chi connectivity index (χ2v) is 5.80. The van der Waals surface area contributed by atoms with E-state index in [2.05, 4.69) is 5.32 Å². The molecule has 118 valence electrons. The lowest BCUT2D eigenvalue weighted by atomic mass is 10.2. The first-order valence-corrected chi connectivity index (χ1v) is 7.53. The number of nitrogens with zero attached hydrogens (tertiary/aromatic N) is 1. The molecule has 0 saturated carbocycles. The van der Waals surface area contributed by atoms with Gasteiger partial charge in [-0.15, -0.1) is 0 Å². The maximum atomic E-state index is 12.9. The molecule has 2 amide bonds. The molecular formula is C17H14ClFN2O2. The van der Waals surface area contributed by atoms with Crippen molar-refractivity contribution < 1.29 is 14.0 Å². The quantitative estimate of drug-likeness (QED) is 0.939. The van der Waals surface area contributed by atoms with Crippen LogP contribution < -0.4 is 10.2 Å². The SMILES string of the molecule is O=C(N[C@H]1CC(=O)N(c2ccc(Cl)cc2)C1)c1ccc(F)cc1. The van der Waals surface area contributed by atoms with Crippen LogP contribution in [0.3, 0.4) is 0 Å². The van der Waals surface area contributed by atoms with Gasteiger partial charge in [0.1, 0.15) is 5.82 Å². The molecule has 1 N–H and O–H groups in total. The standard InChI is InChI=1S/C17H14ClFN2O2/c18-12-3-7-15(8-4-12)21-10-14(9-16(21)22)20-17(23)11-1-5-13(19)6-2-11/h1-8,14H,9-10H2,(H,20,23)/t14-/m0/s1. The van der Waals surface area contributed by atoms with E-state index in [9.17, 15) is 14.0 Å². The molecule has 0 aliphatic carbocycles. The summed E-state index contributed by atoms with van der Waals surface area (Å²) < 4.78 is 12.9. The maximum absolute atomic E-state index is 12.9. The van der Waals surface area contributed by atoms with Gasteiger partial charge >= 0.3 is 0 Å². The van der Waals surface area contributed by atoms with Crippen molar-refractivity contribution in [2.45, 2.75) is 12.5 Å². The van der Waals surface area contributed by atoms with Crippen LogP contribution in [0.4, 0.5) is 10.1 Å². The molecule has 0 radical (unpaired) electrons. The molecule has 6 heteroatoms. The minimum Gasteiger partial charge on any atom is -0.347 e. The van der Waals surface area contributed by atoms with Crippen LogP contribution in [0.1, 0.15) is 16.8 Å². The third kappa shape index (κ3) is 3.51. The van der Waals surface area contributed by atoms with Crippen molar-refractivity contribution in [1.29, 1.82) is 0 Å². The Labute approximate surface area is 137 Å². The fraction of sp³-hybridized carbons (Fsp3) is 0.176. The lowest BCUT2D eigenvalue weighted by Crippen LogP contribution is -2.37. The molecule has 1 aliphatic heterocycles. The molecule has 0 spiro atoms. The van der Waals surface area contributed by atoms with Gasteiger partial charge in [0.15, 0.2) is 0 Å². The highest BCUT2D eigenvalue weighted by Crippen LogP contribution is 2.23. The largest absolute Gasteiger partial charge is 0.347 e. The van der Waals surface area contributed by atoms with Crippen LogP contribution in [0.15, 0.2) is 48.5 Å². The van der Waals surface area contributed by atoms with E-state index in [1.165, 1.54) is 24.3 Å². The number of carbonyl (C=O) groups excluding carboxylic acids is 2. The van der Waals surface area contributed by atoms with E-state index < -0.39 is 5.82 Å². The molecule has 4 nitrogen and oxygen atoms in total. The molecule has 0 unspecified atom stereocenters. The van der Waals surface area contributed by atoms with Gasteiger partial charge in [-0.05, 0) is 48.5 Å². The molecule has 2 aromatic rings. The van der Waals surface area contributed by atoms with Crippen LogP contribution in [0.25, 0.3) is 0 Å². The van der Waals surface area contributed by atoms with Crippen LogP contribution in [0.5, 0.6) is 0 Å². The number of rotatable bonds is 3. The lowest BCUT2D eigenvalue weighted by molar-refractivity contribution is -0.117. The van der Waals surface area contributed by atoms with Gasteiger partial charge < -0.3 is 10.2 Å². The zero-order valence-corrected chi connectivity index (χ0v) is 12.9. The molecule has 2 aromatic carbocycles. The van der Waals surface area contributed by atoms with Crippen molar-refractivity contribution in [2.24, 2.45) is 0 Å². The Balaban J connectivity index is 1.66. The summed E-state index contributed by atoms with van der Waals surface area (Å²) in [4.78, 5) is 25.9. The fourth-order valence-electron chi connectivity index (χ4n) is 2.54. The summed E-state index contributed by atoms with van der Waals surface area (Å²) in [5.74, 6) is -0.774. The molecule has 1 heterocycles. The van der Waals surface area contributed by atoms with Crippen molar-refractivity contribution in [3.8, 4) is 0 Å². The number of halogens is 2. The Hall–Kier alpha value is -2.40. The Morgan fingerprint density at radius 3 is 2.43 bits per heavy atom. The second-order valence-electron chi connectivity index (χ2n) is 5.36. The van der Waals surface area contributed by atoms with Crippen LogP contribution in [-0.2, 0) is 4.79 Å². The van der Waals surface area contributed by atoms with Crippen molar-refractivity contribution in [1.82, 2.24) is 5.32 Å². The van der Waals surface area contributed by atoms with Crippen molar-refractivity contribution in [2.75, 3.05) is 11.4 Å². The fourth-order valence-corrected chi connectivity index (χ4v) is 2.67. The molecule has 1 fully saturated rings. The number of anilines is 1. The number of benzene rings is 2. The average Bonchev–Trinajstić information content (AvgIpc) is 2.89. The summed E-state index contributed by atoms with van der Waals surface area (Å²) in [7, 11) is 0. The van der Waals surface area contributed by atoms with Gasteiger partial charge in [0.05, 0.1) is 6.04 Å². The van der Waals surface area contributed by atoms with Gasteiger partial charge in [0.2, 0.25) is 5.91 Å². The molecule has 3 rings (SSSR count). The molecular weight excluding hydrogens is 319 g/mol. The molecule has 1 aliphatic rings. The van der Waals surface area contributed by atoms with Crippen LogP contribution in [0, 0.1) is 5.82 Å². The summed E-state index contributed by atoms with van der Waals surface area (Å²) in [6.07, 6.45) is 0.232. The highest BCUT2D eigenvalue weighted by atomic mass is 35.5. The highest BCUT2D eigenvalue weighted by molar-refractivity contribution is 6.30. The third-order valence-corrected chi connectivity index (χ3v) is 3.96. The number of hydrogen-bond donors (Lipinski definition) is 1. The van der Waals surface area contributed by atoms with Crippen LogP contribution in [0.2, 0.25) is 5.02 Å². The molecule has 0 bridgehead atoms. The zero-order chi connectivity index (χ0) is 16.4. The first-order valence-electron chi connectivity index (χ1n) is 7.15. The second kappa shape index (κ2) is 6.38. The summed E-state index contributed by atoms with van der Waals surface area (Å²) in [5.41, 5.74) is 1.11. The van der Waals surface area contributed by atoms with E-state index in [0.717, 1.165) is 5.69 Å². The Bertz CT molecular complexity index is 731. The Morgan fingerprint density at radius 2 is 1.78 bits per heavy atom. The monoisotopic (exact) mass is 332 g/mol. The van der Waals surface area contributed by atoms with Gasteiger partial charge in [0, 0.05) is 29.2 Å². The normalized spacial score (nSPS) is 17.4. The lowest BCUT2D eigenvalue weighted by Gasteiger charge is -2.17. The van der Waals surface area contributed by atoms with Gasteiger partial charge in [0.25, 0.3) is 5.91 Å². The van der Waals surface area contributed by atoms with Crippen molar-refractivity contribution in [3.63, 3.8) is 0 Å². The highest BCUT2D eigenvalue weighted by Gasteiger charge is 2.31. The van der Waals surface area contributed by atoms with Gasteiger partial charge in [-0.3, -0.25) is 9.59 Å². The van der Waals surface area contributed by atoms with Crippen LogP contribution >= 0.6 is 11.6 Å². The summed E-state index contributed by atoms with van der Waals surface area (Å²) in [6, 6.07) is 12.0. The van der Waals surface area contributed by atoms with Crippen molar-refractivity contribution >= 4 is 29.1 Å². The Morgan fingerprint density at radius 1 is 1.13 bits per heavy atom. The number of nitrogens with one attached hydrogen (secondary N) is 1. The van der Waals surface area contributed by atoms with E-state index in [-0.39, 0.29) is 24.3 Å². The minimum atomic E-state index is -0.397. The third-order valence-electron chi connectivity index (χ3n) is 3.70. The zero-order valence-electron chi connectivity index (χ0n) is 12.1. The minimum absolute atomic E-state index is 0.0586. The van der Waals surface area contributed by atoms with E-state index >= 15 is 0 Å². The first-order chi connectivity index (χ1) is 11.0. The summed E-state index contributed by atoms with van der Waals surface area (Å²) >= 11 is 5.84. The molecule has 0 aromatic heterocycles. The topological polar surface area (TPSA) is 49.4 Å². The van der Waals surface area contributed by atoms with E-state index in [0.29, 0.717) is 17.1 Å². The number of carbonyl (C=O) groups is 2. The maximum Gasteiger partial charge on any atom is 0.251 e. The molecule has 23 heavy (non-hydrogen) atoms. The molecule has 1 saturated heterocycles. The smallest absolute Gasteiger partial charge is 0.251 e. The van der Waals surface area contributed by atoms with Gasteiger partial charge in [-0.2, -0.15) is 0 Å². The van der Waals surface area contributed by atoms with Crippen molar-refractivity contribution in [3.05, 3.63) is 64.9 Å². The van der Waals surface area contributed by atoms with E-state index in [1.807, 2.05) is 0 Å². The predicted octanol–water partition coefficient (Wildman–Crippen LogP) is 3.01. The predicted molar refractivity (Wildman–Crippen MR) is 86.1 cm³/mol. The van der Waals surface area contributed by atoms with Gasteiger partial charge in [-0.1, -0.05) is 11.6 Å². The van der Waals surface area contributed by atoms with Gasteiger partial charge in [-0.25, -0.2) is 4.39 Å². The van der Waals surface area contributed by atoms with E-state index in [1.54, 1.807) is 29.2 Å². The first kappa shape index (κ1) is 15.5. The summed E-state index contributed by atoms with van der Waals surface area (Å²) in [5, 5.41) is 3.40. The Kier molecular flexibility index (Phi) is 4.30. The number of amides is 2.